The van der Waals surface area contributed by atoms with Crippen LogP contribution in [0.15, 0.2) is 6.33 Å². The van der Waals surface area contributed by atoms with Crippen molar-refractivity contribution in [3.8, 4) is 0 Å². The molecule has 106 valence electrons. The molecule has 0 aromatic carbocycles. The number of nitrogens with zero attached hydrogens (tertiary/aromatic N) is 3. The normalized spacial score (nSPS) is 30.9. The van der Waals surface area contributed by atoms with Crippen molar-refractivity contribution >= 4 is 0 Å². The molecule has 0 aliphatic heterocycles. The van der Waals surface area contributed by atoms with Crippen LogP contribution in [0.5, 0.6) is 0 Å². The summed E-state index contributed by atoms with van der Waals surface area (Å²) in [4.78, 5) is 4.40. The molecule has 1 N–H and O–H groups in total. The second-order valence-electron chi connectivity index (χ2n) is 6.25. The molecule has 0 radical (unpaired) electrons. The maximum Gasteiger partial charge on any atom is 0.138 e. The molecular weight excluding hydrogens is 236 g/mol. The molecule has 3 unspecified atom stereocenters. The zero-order chi connectivity index (χ0) is 13.2. The van der Waals surface area contributed by atoms with E-state index in [1.54, 1.807) is 6.33 Å². The van der Waals surface area contributed by atoms with Gasteiger partial charge >= 0.3 is 0 Å². The summed E-state index contributed by atoms with van der Waals surface area (Å²) in [7, 11) is 2.00. The zero-order valence-electron chi connectivity index (χ0n) is 12.2. The lowest BCUT2D eigenvalue weighted by atomic mass is 10.0. The summed E-state index contributed by atoms with van der Waals surface area (Å²) >= 11 is 0. The average molecular weight is 262 g/mol. The van der Waals surface area contributed by atoms with Crippen LogP contribution in [-0.4, -0.2) is 27.4 Å². The van der Waals surface area contributed by atoms with E-state index in [0.29, 0.717) is 6.04 Å². The number of hydrogen-bond acceptors (Lipinski definition) is 3. The van der Waals surface area contributed by atoms with Gasteiger partial charge in [-0.05, 0) is 43.6 Å². The summed E-state index contributed by atoms with van der Waals surface area (Å²) < 4.78 is 1.92. The van der Waals surface area contributed by atoms with Crippen LogP contribution in [-0.2, 0) is 13.5 Å². The molecule has 1 aromatic rings. The predicted molar refractivity (Wildman–Crippen MR) is 75.7 cm³/mol. The van der Waals surface area contributed by atoms with Crippen molar-refractivity contribution in [1.29, 1.82) is 0 Å². The third-order valence-corrected chi connectivity index (χ3v) is 5.05. The van der Waals surface area contributed by atoms with Crippen molar-refractivity contribution in [2.45, 2.75) is 51.5 Å². The van der Waals surface area contributed by atoms with E-state index < -0.39 is 0 Å². The molecule has 3 rings (SSSR count). The van der Waals surface area contributed by atoms with Crippen LogP contribution in [0, 0.1) is 17.8 Å². The van der Waals surface area contributed by atoms with Crippen LogP contribution < -0.4 is 5.32 Å². The van der Waals surface area contributed by atoms with Gasteiger partial charge in [-0.15, -0.1) is 0 Å². The van der Waals surface area contributed by atoms with Crippen LogP contribution in [0.1, 0.15) is 44.9 Å². The van der Waals surface area contributed by atoms with Crippen LogP contribution in [0.4, 0.5) is 0 Å². The summed E-state index contributed by atoms with van der Waals surface area (Å²) in [6.07, 6.45) is 9.72. The Morgan fingerprint density at radius 1 is 1.37 bits per heavy atom. The van der Waals surface area contributed by atoms with Gasteiger partial charge in [0.25, 0.3) is 0 Å². The first-order valence-corrected chi connectivity index (χ1v) is 7.87. The highest BCUT2D eigenvalue weighted by molar-refractivity contribution is 5.07. The van der Waals surface area contributed by atoms with Gasteiger partial charge < -0.3 is 5.32 Å². The van der Waals surface area contributed by atoms with Gasteiger partial charge in [0.15, 0.2) is 0 Å². The molecule has 1 aromatic heterocycles. The summed E-state index contributed by atoms with van der Waals surface area (Å²) in [6.45, 7) is 3.37. The van der Waals surface area contributed by atoms with Gasteiger partial charge in [0, 0.05) is 19.5 Å². The van der Waals surface area contributed by atoms with Crippen molar-refractivity contribution in [2.24, 2.45) is 24.8 Å². The highest BCUT2D eigenvalue weighted by Crippen LogP contribution is 2.57. The van der Waals surface area contributed by atoms with Crippen LogP contribution in [0.2, 0.25) is 0 Å². The minimum atomic E-state index is 0.607. The first kappa shape index (κ1) is 13.1. The number of hydrogen-bond donors (Lipinski definition) is 1. The Kier molecular flexibility index (Phi) is 3.87. The molecule has 19 heavy (non-hydrogen) atoms. The van der Waals surface area contributed by atoms with Gasteiger partial charge in [0.05, 0.1) is 0 Å². The number of aryl methyl sites for hydroxylation is 1. The van der Waals surface area contributed by atoms with Crippen molar-refractivity contribution in [1.82, 2.24) is 20.1 Å². The monoisotopic (exact) mass is 262 g/mol. The minimum absolute atomic E-state index is 0.607. The van der Waals surface area contributed by atoms with Crippen molar-refractivity contribution in [3.63, 3.8) is 0 Å². The van der Waals surface area contributed by atoms with Crippen LogP contribution in [0.3, 0.4) is 0 Å². The minimum Gasteiger partial charge on any atom is -0.313 e. The molecule has 1 heterocycles. The van der Waals surface area contributed by atoms with E-state index in [-0.39, 0.29) is 0 Å². The molecule has 0 spiro atoms. The average Bonchev–Trinajstić information content (AvgIpc) is 3.02. The van der Waals surface area contributed by atoms with Gasteiger partial charge in [-0.25, -0.2) is 4.98 Å². The molecule has 0 saturated heterocycles. The second-order valence-corrected chi connectivity index (χ2v) is 6.25. The topological polar surface area (TPSA) is 42.7 Å². The fourth-order valence-electron chi connectivity index (χ4n) is 4.02. The van der Waals surface area contributed by atoms with Gasteiger partial charge in [-0.2, -0.15) is 5.10 Å². The highest BCUT2D eigenvalue weighted by Gasteiger charge is 2.53. The standard InChI is InChI=1S/C15H26N4/c1-3-8-16-13(9-14-17-10-18-19(14)2)15-11-6-4-5-7-12(11)15/h10-13,15-16H,3-9H2,1-2H3. The van der Waals surface area contributed by atoms with Gasteiger partial charge in [0.2, 0.25) is 0 Å². The van der Waals surface area contributed by atoms with Gasteiger partial charge in [0.1, 0.15) is 12.2 Å². The van der Waals surface area contributed by atoms with Crippen LogP contribution >= 0.6 is 0 Å². The van der Waals surface area contributed by atoms with Crippen molar-refractivity contribution in [2.75, 3.05) is 6.54 Å². The smallest absolute Gasteiger partial charge is 0.138 e. The lowest BCUT2D eigenvalue weighted by Crippen LogP contribution is -2.35. The number of nitrogens with one attached hydrogen (secondary N) is 1. The quantitative estimate of drug-likeness (QED) is 0.854. The molecule has 2 saturated carbocycles. The maximum atomic E-state index is 4.40. The third-order valence-electron chi connectivity index (χ3n) is 5.05. The van der Waals surface area contributed by atoms with Gasteiger partial charge in [-0.3, -0.25) is 4.68 Å². The van der Waals surface area contributed by atoms with E-state index in [1.807, 2.05) is 11.7 Å². The molecule has 4 nitrogen and oxygen atoms in total. The number of fused-ring (bicyclic) bond motifs is 1. The maximum absolute atomic E-state index is 4.40. The van der Waals surface area contributed by atoms with E-state index in [1.165, 1.54) is 32.1 Å². The summed E-state index contributed by atoms with van der Waals surface area (Å²) in [6, 6.07) is 0.607. The van der Waals surface area contributed by atoms with Crippen molar-refractivity contribution < 1.29 is 0 Å². The number of rotatable bonds is 6. The lowest BCUT2D eigenvalue weighted by molar-refractivity contribution is 0.415. The van der Waals surface area contributed by atoms with Gasteiger partial charge in [-0.1, -0.05) is 19.8 Å². The third kappa shape index (κ3) is 2.69. The van der Waals surface area contributed by atoms with Crippen LogP contribution in [0.25, 0.3) is 0 Å². The van der Waals surface area contributed by atoms with Crippen molar-refractivity contribution in [3.05, 3.63) is 12.2 Å². The predicted octanol–water partition coefficient (Wildman–Crippen LogP) is 2.16. The summed E-state index contributed by atoms with van der Waals surface area (Å²) in [5, 5.41) is 7.97. The van der Waals surface area contributed by atoms with E-state index in [2.05, 4.69) is 22.3 Å². The number of aromatic nitrogens is 3. The Bertz CT molecular complexity index is 402. The summed E-state index contributed by atoms with van der Waals surface area (Å²) in [5.41, 5.74) is 0. The largest absolute Gasteiger partial charge is 0.313 e. The Balaban J connectivity index is 1.66. The second kappa shape index (κ2) is 5.61. The molecule has 4 heteroatoms. The molecule has 2 aliphatic carbocycles. The zero-order valence-corrected chi connectivity index (χ0v) is 12.2. The Morgan fingerprint density at radius 3 is 2.68 bits per heavy atom. The Labute approximate surface area is 116 Å². The highest BCUT2D eigenvalue weighted by atomic mass is 15.3. The fourth-order valence-corrected chi connectivity index (χ4v) is 4.02. The Hall–Kier alpha value is -0.900. The molecule has 0 bridgehead atoms. The molecule has 2 aliphatic rings. The Morgan fingerprint density at radius 2 is 2.11 bits per heavy atom. The SMILES string of the molecule is CCCNC(Cc1ncnn1C)C1C2CCCCC21. The first-order chi connectivity index (χ1) is 9.31. The first-order valence-electron chi connectivity index (χ1n) is 7.87. The van der Waals surface area contributed by atoms with E-state index in [0.717, 1.165) is 36.5 Å². The molecule has 0 amide bonds. The van der Waals surface area contributed by atoms with E-state index in [4.69, 9.17) is 0 Å². The van der Waals surface area contributed by atoms with E-state index >= 15 is 0 Å². The molecule has 2 fully saturated rings. The lowest BCUT2D eigenvalue weighted by Gasteiger charge is -2.18. The fraction of sp³-hybridized carbons (Fsp3) is 0.867. The van der Waals surface area contributed by atoms with E-state index in [9.17, 15) is 0 Å². The molecule has 3 atom stereocenters. The molecular formula is C15H26N4. The summed E-state index contributed by atoms with van der Waals surface area (Å²) in [5.74, 6) is 4.01.